The molecule has 0 heterocycles. The molecule has 0 fully saturated rings. The van der Waals surface area contributed by atoms with Crippen molar-refractivity contribution in [3.63, 3.8) is 0 Å². The molecule has 1 nitrogen and oxygen atoms in total. The van der Waals surface area contributed by atoms with E-state index in [4.69, 9.17) is 5.73 Å². The number of benzene rings is 1. The van der Waals surface area contributed by atoms with Gasteiger partial charge < -0.3 is 5.73 Å². The molecule has 0 spiro atoms. The molecule has 0 aliphatic heterocycles. The van der Waals surface area contributed by atoms with Crippen LogP contribution in [0.25, 0.3) is 0 Å². The van der Waals surface area contributed by atoms with Gasteiger partial charge in [0.25, 0.3) is 0 Å². The Morgan fingerprint density at radius 3 is 2.77 bits per heavy atom. The van der Waals surface area contributed by atoms with Crippen molar-refractivity contribution in [3.05, 3.63) is 35.6 Å². The smallest absolute Gasteiger partial charge is 0.127 e. The van der Waals surface area contributed by atoms with E-state index in [1.807, 2.05) is 19.1 Å². The molecule has 0 aromatic heterocycles. The molecule has 0 saturated heterocycles. The van der Waals surface area contributed by atoms with Gasteiger partial charge in [-0.25, -0.2) is 4.39 Å². The first-order valence-electron chi connectivity index (χ1n) is 4.27. The molecule has 0 amide bonds. The van der Waals surface area contributed by atoms with Crippen LogP contribution in [0, 0.1) is 5.82 Å². The van der Waals surface area contributed by atoms with Crippen LogP contribution in [0.5, 0.6) is 0 Å². The van der Waals surface area contributed by atoms with Crippen molar-refractivity contribution >= 4 is 11.8 Å². The lowest BCUT2D eigenvalue weighted by atomic mass is 10.2. The normalized spacial score (nSPS) is 12.8. The Kier molecular flexibility index (Phi) is 4.25. The summed E-state index contributed by atoms with van der Waals surface area (Å²) in [6.45, 7) is 1.95. The second kappa shape index (κ2) is 5.25. The molecule has 0 saturated carbocycles. The Bertz CT molecular complexity index is 263. The van der Waals surface area contributed by atoms with E-state index in [1.54, 1.807) is 17.8 Å². The van der Waals surface area contributed by atoms with Crippen molar-refractivity contribution in [2.24, 2.45) is 5.73 Å². The van der Waals surface area contributed by atoms with Crippen LogP contribution in [0.3, 0.4) is 0 Å². The Morgan fingerprint density at radius 2 is 2.15 bits per heavy atom. The maximum Gasteiger partial charge on any atom is 0.127 e. The minimum atomic E-state index is -0.125. The topological polar surface area (TPSA) is 26.0 Å². The van der Waals surface area contributed by atoms with Gasteiger partial charge in [0.05, 0.1) is 0 Å². The Balaban J connectivity index is 2.41. The predicted molar refractivity (Wildman–Crippen MR) is 56.2 cm³/mol. The lowest BCUT2D eigenvalue weighted by molar-refractivity contribution is 0.617. The second-order valence-corrected chi connectivity index (χ2v) is 4.11. The Labute approximate surface area is 82.5 Å². The van der Waals surface area contributed by atoms with Crippen molar-refractivity contribution in [2.75, 3.05) is 5.75 Å². The van der Waals surface area contributed by atoms with Crippen LogP contribution in [-0.4, -0.2) is 11.8 Å². The van der Waals surface area contributed by atoms with Crippen LogP contribution in [0.2, 0.25) is 0 Å². The summed E-state index contributed by atoms with van der Waals surface area (Å²) in [5, 5.41) is 0. The summed E-state index contributed by atoms with van der Waals surface area (Å²) in [5.41, 5.74) is 6.34. The lowest BCUT2D eigenvalue weighted by Gasteiger charge is -2.05. The molecule has 13 heavy (non-hydrogen) atoms. The average molecular weight is 199 g/mol. The highest BCUT2D eigenvalue weighted by atomic mass is 32.2. The molecular weight excluding hydrogens is 185 g/mol. The van der Waals surface area contributed by atoms with Gasteiger partial charge in [0.1, 0.15) is 5.82 Å². The Hall–Kier alpha value is -0.540. The Morgan fingerprint density at radius 1 is 1.46 bits per heavy atom. The van der Waals surface area contributed by atoms with Gasteiger partial charge in [0.15, 0.2) is 0 Å². The van der Waals surface area contributed by atoms with E-state index >= 15 is 0 Å². The fourth-order valence-corrected chi connectivity index (χ4v) is 1.91. The molecule has 0 aliphatic rings. The molecule has 1 aromatic rings. The van der Waals surface area contributed by atoms with E-state index in [1.165, 1.54) is 6.07 Å². The van der Waals surface area contributed by atoms with E-state index in [0.717, 1.165) is 11.3 Å². The number of nitrogens with two attached hydrogens (primary N) is 1. The van der Waals surface area contributed by atoms with Crippen LogP contribution in [0.4, 0.5) is 4.39 Å². The van der Waals surface area contributed by atoms with E-state index in [2.05, 4.69) is 0 Å². The quantitative estimate of drug-likeness (QED) is 0.806. The average Bonchev–Trinajstić information content (AvgIpc) is 2.08. The number of thioether (sulfide) groups is 1. The summed E-state index contributed by atoms with van der Waals surface area (Å²) < 4.78 is 13.1. The lowest BCUT2D eigenvalue weighted by Crippen LogP contribution is -2.17. The standard InChI is InChI=1S/C10H14FNS/c1-8(12)6-13-7-9-4-2-3-5-10(9)11/h2-5,8H,6-7,12H2,1H3. The number of hydrogen-bond acceptors (Lipinski definition) is 2. The van der Waals surface area contributed by atoms with Crippen LogP contribution in [0.1, 0.15) is 12.5 Å². The summed E-state index contributed by atoms with van der Waals surface area (Å²) in [6.07, 6.45) is 0. The van der Waals surface area contributed by atoms with Gasteiger partial charge in [-0.3, -0.25) is 0 Å². The van der Waals surface area contributed by atoms with Crippen molar-refractivity contribution in [1.29, 1.82) is 0 Å². The van der Waals surface area contributed by atoms with Crippen molar-refractivity contribution < 1.29 is 4.39 Å². The van der Waals surface area contributed by atoms with Crippen molar-refractivity contribution in [2.45, 2.75) is 18.7 Å². The summed E-state index contributed by atoms with van der Waals surface area (Å²) >= 11 is 1.66. The molecule has 0 aliphatic carbocycles. The maximum absolute atomic E-state index is 13.1. The largest absolute Gasteiger partial charge is 0.327 e. The second-order valence-electron chi connectivity index (χ2n) is 3.08. The zero-order valence-corrected chi connectivity index (χ0v) is 8.48. The zero-order valence-electron chi connectivity index (χ0n) is 7.66. The highest BCUT2D eigenvalue weighted by molar-refractivity contribution is 7.98. The summed E-state index contributed by atoms with van der Waals surface area (Å²) in [4.78, 5) is 0. The van der Waals surface area contributed by atoms with Gasteiger partial charge in [-0.15, -0.1) is 0 Å². The molecular formula is C10H14FNS. The van der Waals surface area contributed by atoms with E-state index in [-0.39, 0.29) is 11.9 Å². The van der Waals surface area contributed by atoms with Crippen molar-refractivity contribution in [1.82, 2.24) is 0 Å². The molecule has 0 bridgehead atoms. The van der Waals surface area contributed by atoms with E-state index in [9.17, 15) is 4.39 Å². The summed E-state index contributed by atoms with van der Waals surface area (Å²) in [5.74, 6) is 1.45. The molecule has 3 heteroatoms. The van der Waals surface area contributed by atoms with Gasteiger partial charge >= 0.3 is 0 Å². The first kappa shape index (κ1) is 10.5. The van der Waals surface area contributed by atoms with Crippen molar-refractivity contribution in [3.8, 4) is 0 Å². The van der Waals surface area contributed by atoms with Gasteiger partial charge in [-0.2, -0.15) is 11.8 Å². The fraction of sp³-hybridized carbons (Fsp3) is 0.400. The van der Waals surface area contributed by atoms with E-state index in [0.29, 0.717) is 5.75 Å². The van der Waals surface area contributed by atoms with E-state index < -0.39 is 0 Å². The fourth-order valence-electron chi connectivity index (χ4n) is 0.970. The first-order valence-corrected chi connectivity index (χ1v) is 5.42. The third-order valence-corrected chi connectivity index (χ3v) is 2.87. The van der Waals surface area contributed by atoms with Crippen LogP contribution < -0.4 is 5.73 Å². The summed E-state index contributed by atoms with van der Waals surface area (Å²) in [6, 6.07) is 7.03. The third kappa shape index (κ3) is 3.79. The van der Waals surface area contributed by atoms with Crippen LogP contribution in [-0.2, 0) is 5.75 Å². The predicted octanol–water partition coefficient (Wildman–Crippen LogP) is 2.41. The molecule has 1 unspecified atom stereocenters. The molecule has 2 N–H and O–H groups in total. The third-order valence-electron chi connectivity index (χ3n) is 1.60. The molecule has 1 atom stereocenters. The molecule has 72 valence electrons. The minimum absolute atomic E-state index is 0.125. The minimum Gasteiger partial charge on any atom is -0.327 e. The summed E-state index contributed by atoms with van der Waals surface area (Å²) in [7, 11) is 0. The molecule has 0 radical (unpaired) electrons. The molecule has 1 aromatic carbocycles. The van der Waals surface area contributed by atoms with Gasteiger partial charge in [-0.05, 0) is 18.6 Å². The van der Waals surface area contributed by atoms with Crippen LogP contribution >= 0.6 is 11.8 Å². The molecule has 1 rings (SSSR count). The number of halogens is 1. The van der Waals surface area contributed by atoms with Gasteiger partial charge in [-0.1, -0.05) is 18.2 Å². The highest BCUT2D eigenvalue weighted by Gasteiger charge is 2.01. The number of rotatable bonds is 4. The van der Waals surface area contributed by atoms with Gasteiger partial charge in [0, 0.05) is 17.5 Å². The number of hydrogen-bond donors (Lipinski definition) is 1. The van der Waals surface area contributed by atoms with Crippen LogP contribution in [0.15, 0.2) is 24.3 Å². The SMILES string of the molecule is CC(N)CSCc1ccccc1F. The monoisotopic (exact) mass is 199 g/mol. The first-order chi connectivity index (χ1) is 6.20. The van der Waals surface area contributed by atoms with Gasteiger partial charge in [0.2, 0.25) is 0 Å². The zero-order chi connectivity index (χ0) is 9.68. The highest BCUT2D eigenvalue weighted by Crippen LogP contribution is 2.15. The maximum atomic E-state index is 13.1.